The van der Waals surface area contributed by atoms with Crippen molar-refractivity contribution in [3.05, 3.63) is 58.3 Å². The van der Waals surface area contributed by atoms with Crippen molar-refractivity contribution in [2.45, 2.75) is 32.4 Å². The minimum atomic E-state index is -0.413. The molecule has 2 aromatic heterocycles. The average molecular weight is 401 g/mol. The molecule has 0 unspecified atom stereocenters. The standard InChI is InChI=1S/C20H18ClFN4O2/c21-13-7-23-19-16-9-25(10-17(16)24-26(19)8-13)20(27)15-5-4-14(22)6-18(15)28-11-12-2-1-3-12/h4-8,12H,1-3,9-11H2. The SMILES string of the molecule is O=C(c1ccc(F)cc1OCC1CCC1)N1Cc2nn3cc(Cl)cnc3c2C1. The van der Waals surface area contributed by atoms with Crippen LogP contribution in [0.5, 0.6) is 5.75 Å². The molecular formula is C20H18ClFN4O2. The lowest BCUT2D eigenvalue weighted by Crippen LogP contribution is -2.27. The monoisotopic (exact) mass is 400 g/mol. The van der Waals surface area contributed by atoms with Crippen LogP contribution in [0.25, 0.3) is 5.65 Å². The fraction of sp³-hybridized carbons (Fsp3) is 0.350. The number of benzene rings is 1. The first-order valence-corrected chi connectivity index (χ1v) is 9.69. The van der Waals surface area contributed by atoms with Crippen molar-refractivity contribution < 1.29 is 13.9 Å². The van der Waals surface area contributed by atoms with Crippen molar-refractivity contribution in [1.29, 1.82) is 0 Å². The molecule has 1 aliphatic carbocycles. The van der Waals surface area contributed by atoms with Gasteiger partial charge in [-0.1, -0.05) is 18.0 Å². The fourth-order valence-electron chi connectivity index (χ4n) is 3.70. The third kappa shape index (κ3) is 2.99. The summed E-state index contributed by atoms with van der Waals surface area (Å²) in [6.45, 7) is 1.28. The van der Waals surface area contributed by atoms with Crippen molar-refractivity contribution >= 4 is 23.2 Å². The van der Waals surface area contributed by atoms with Gasteiger partial charge in [0.1, 0.15) is 11.6 Å². The van der Waals surface area contributed by atoms with E-state index >= 15 is 0 Å². The maximum atomic E-state index is 13.7. The summed E-state index contributed by atoms with van der Waals surface area (Å²) >= 11 is 5.96. The van der Waals surface area contributed by atoms with Crippen LogP contribution in [-0.2, 0) is 13.1 Å². The van der Waals surface area contributed by atoms with E-state index in [-0.39, 0.29) is 5.91 Å². The second kappa shape index (κ2) is 6.74. The van der Waals surface area contributed by atoms with Crippen LogP contribution < -0.4 is 4.74 Å². The van der Waals surface area contributed by atoms with Crippen molar-refractivity contribution in [2.75, 3.05) is 6.61 Å². The molecule has 1 aliphatic heterocycles. The molecule has 3 heterocycles. The third-order valence-corrected chi connectivity index (χ3v) is 5.66. The average Bonchev–Trinajstić information content (AvgIpc) is 3.17. The molecule has 1 fully saturated rings. The van der Waals surface area contributed by atoms with E-state index in [1.54, 1.807) is 21.8 Å². The third-order valence-electron chi connectivity index (χ3n) is 5.47. The second-order valence-electron chi connectivity index (χ2n) is 7.38. The number of fused-ring (bicyclic) bond motifs is 3. The van der Waals surface area contributed by atoms with Crippen LogP contribution in [0.1, 0.15) is 40.9 Å². The van der Waals surface area contributed by atoms with Crippen LogP contribution in [-0.4, -0.2) is 32.0 Å². The predicted octanol–water partition coefficient (Wildman–Crippen LogP) is 3.86. The molecule has 0 atom stereocenters. The number of nitrogens with zero attached hydrogens (tertiary/aromatic N) is 4. The van der Waals surface area contributed by atoms with E-state index in [4.69, 9.17) is 16.3 Å². The summed E-state index contributed by atoms with van der Waals surface area (Å²) < 4.78 is 21.2. The molecule has 1 saturated carbocycles. The summed E-state index contributed by atoms with van der Waals surface area (Å²) in [6, 6.07) is 4.08. The highest BCUT2D eigenvalue weighted by Gasteiger charge is 2.31. The zero-order chi connectivity index (χ0) is 19.3. The summed E-state index contributed by atoms with van der Waals surface area (Å²) in [7, 11) is 0. The van der Waals surface area contributed by atoms with Crippen LogP contribution in [0.15, 0.2) is 30.6 Å². The van der Waals surface area contributed by atoms with Gasteiger partial charge in [0.15, 0.2) is 5.65 Å². The van der Waals surface area contributed by atoms with Crippen molar-refractivity contribution in [1.82, 2.24) is 19.5 Å². The molecule has 3 aromatic rings. The Morgan fingerprint density at radius 3 is 2.96 bits per heavy atom. The highest BCUT2D eigenvalue weighted by atomic mass is 35.5. The molecule has 28 heavy (non-hydrogen) atoms. The molecule has 6 nitrogen and oxygen atoms in total. The minimum Gasteiger partial charge on any atom is -0.492 e. The predicted molar refractivity (Wildman–Crippen MR) is 101 cm³/mol. The maximum Gasteiger partial charge on any atom is 0.258 e. The Hall–Kier alpha value is -2.67. The first-order valence-electron chi connectivity index (χ1n) is 9.32. The number of ether oxygens (including phenoxy) is 1. The summed E-state index contributed by atoms with van der Waals surface area (Å²) in [5.41, 5.74) is 2.76. The summed E-state index contributed by atoms with van der Waals surface area (Å²) in [5, 5.41) is 4.98. The fourth-order valence-corrected chi connectivity index (χ4v) is 3.84. The molecule has 8 heteroatoms. The van der Waals surface area contributed by atoms with Crippen molar-refractivity contribution in [2.24, 2.45) is 5.92 Å². The van der Waals surface area contributed by atoms with Gasteiger partial charge in [0, 0.05) is 17.8 Å². The van der Waals surface area contributed by atoms with E-state index in [0.717, 1.165) is 24.1 Å². The van der Waals surface area contributed by atoms with Gasteiger partial charge in [-0.05, 0) is 30.9 Å². The van der Waals surface area contributed by atoms with Crippen LogP contribution >= 0.6 is 11.6 Å². The maximum absolute atomic E-state index is 13.7. The molecule has 2 aliphatic rings. The van der Waals surface area contributed by atoms with E-state index in [1.807, 2.05) is 0 Å². The van der Waals surface area contributed by atoms with E-state index < -0.39 is 5.82 Å². The van der Waals surface area contributed by atoms with Crippen molar-refractivity contribution in [3.8, 4) is 5.75 Å². The number of halogens is 2. The molecule has 1 aromatic carbocycles. The van der Waals surface area contributed by atoms with Gasteiger partial charge in [-0.3, -0.25) is 4.79 Å². The number of aromatic nitrogens is 3. The number of rotatable bonds is 4. The zero-order valence-corrected chi connectivity index (χ0v) is 15.8. The Labute approximate surface area is 165 Å². The Bertz CT molecular complexity index is 1080. The Kier molecular flexibility index (Phi) is 4.19. The van der Waals surface area contributed by atoms with Crippen LogP contribution in [0.4, 0.5) is 4.39 Å². The smallest absolute Gasteiger partial charge is 0.258 e. The van der Waals surface area contributed by atoms with Gasteiger partial charge in [-0.15, -0.1) is 0 Å². The van der Waals surface area contributed by atoms with Gasteiger partial charge in [-0.25, -0.2) is 13.9 Å². The second-order valence-corrected chi connectivity index (χ2v) is 7.81. The number of hydrogen-bond acceptors (Lipinski definition) is 4. The van der Waals surface area contributed by atoms with Gasteiger partial charge in [0.2, 0.25) is 0 Å². The lowest BCUT2D eigenvalue weighted by Gasteiger charge is -2.26. The first kappa shape index (κ1) is 17.4. The summed E-state index contributed by atoms with van der Waals surface area (Å²) in [5.74, 6) is 0.187. The van der Waals surface area contributed by atoms with Crippen molar-refractivity contribution in [3.63, 3.8) is 0 Å². The van der Waals surface area contributed by atoms with Crippen LogP contribution in [0.2, 0.25) is 5.02 Å². The molecule has 0 bridgehead atoms. The van der Waals surface area contributed by atoms with Crippen LogP contribution in [0.3, 0.4) is 0 Å². The first-order chi connectivity index (χ1) is 13.6. The largest absolute Gasteiger partial charge is 0.492 e. The normalized spacial score (nSPS) is 16.3. The zero-order valence-electron chi connectivity index (χ0n) is 15.1. The van der Waals surface area contributed by atoms with E-state index in [1.165, 1.54) is 24.6 Å². The highest BCUT2D eigenvalue weighted by molar-refractivity contribution is 6.30. The topological polar surface area (TPSA) is 59.7 Å². The molecule has 0 N–H and O–H groups in total. The number of amides is 1. The highest BCUT2D eigenvalue weighted by Crippen LogP contribution is 2.31. The Morgan fingerprint density at radius 2 is 2.18 bits per heavy atom. The lowest BCUT2D eigenvalue weighted by molar-refractivity contribution is 0.0742. The van der Waals surface area contributed by atoms with E-state index in [2.05, 4.69) is 10.1 Å². The molecule has 144 valence electrons. The van der Waals surface area contributed by atoms with Gasteiger partial charge in [-0.2, -0.15) is 5.10 Å². The van der Waals surface area contributed by atoms with E-state index in [0.29, 0.717) is 47.6 Å². The molecule has 5 rings (SSSR count). The quantitative estimate of drug-likeness (QED) is 0.667. The van der Waals surface area contributed by atoms with E-state index in [9.17, 15) is 9.18 Å². The van der Waals surface area contributed by atoms with Crippen LogP contribution in [0, 0.1) is 11.7 Å². The molecule has 1 amide bonds. The Balaban J connectivity index is 1.39. The minimum absolute atomic E-state index is 0.200. The van der Waals surface area contributed by atoms with Gasteiger partial charge < -0.3 is 9.64 Å². The molecule has 0 saturated heterocycles. The lowest BCUT2D eigenvalue weighted by atomic mass is 9.86. The number of carbonyl (C=O) groups is 1. The number of hydrogen-bond donors (Lipinski definition) is 0. The molecule has 0 spiro atoms. The summed E-state index contributed by atoms with van der Waals surface area (Å²) in [6.07, 6.45) is 6.71. The molecular weight excluding hydrogens is 383 g/mol. The van der Waals surface area contributed by atoms with Gasteiger partial charge >= 0.3 is 0 Å². The molecule has 0 radical (unpaired) electrons. The Morgan fingerprint density at radius 1 is 1.32 bits per heavy atom. The number of carbonyl (C=O) groups excluding carboxylic acids is 1. The van der Waals surface area contributed by atoms with Gasteiger partial charge in [0.25, 0.3) is 5.91 Å². The summed E-state index contributed by atoms with van der Waals surface area (Å²) in [4.78, 5) is 19.1. The van der Waals surface area contributed by atoms with Gasteiger partial charge in [0.05, 0.1) is 42.2 Å².